The molecule has 1 aromatic carbocycles. The Kier molecular flexibility index (Phi) is 5.62. The maximum absolute atomic E-state index is 12.9. The Morgan fingerprint density at radius 2 is 1.74 bits per heavy atom. The van der Waals surface area contributed by atoms with Crippen molar-refractivity contribution >= 4 is 21.7 Å². The summed E-state index contributed by atoms with van der Waals surface area (Å²) >= 11 is 0. The van der Waals surface area contributed by atoms with Gasteiger partial charge < -0.3 is 5.32 Å². The highest BCUT2D eigenvalue weighted by atomic mass is 32.2. The van der Waals surface area contributed by atoms with Crippen molar-refractivity contribution in [2.45, 2.75) is 38.5 Å². The summed E-state index contributed by atoms with van der Waals surface area (Å²) in [5.41, 5.74) is 2.81. The summed E-state index contributed by atoms with van der Waals surface area (Å²) in [6, 6.07) is 9.04. The summed E-state index contributed by atoms with van der Waals surface area (Å²) in [7, 11) is -3.53. The van der Waals surface area contributed by atoms with E-state index in [4.69, 9.17) is 0 Å². The first kappa shape index (κ1) is 19.5. The number of aryl methyl sites for hydroxylation is 3. The van der Waals surface area contributed by atoms with Crippen LogP contribution in [0.5, 0.6) is 0 Å². The Balaban J connectivity index is 1.65. The molecule has 3 rings (SSSR count). The van der Waals surface area contributed by atoms with E-state index in [2.05, 4.69) is 10.3 Å². The predicted molar refractivity (Wildman–Crippen MR) is 105 cm³/mol. The van der Waals surface area contributed by atoms with E-state index < -0.39 is 10.0 Å². The van der Waals surface area contributed by atoms with Crippen LogP contribution in [0.1, 0.15) is 29.5 Å². The van der Waals surface area contributed by atoms with Crippen LogP contribution in [0.4, 0.5) is 5.82 Å². The molecular formula is C20H25N3O3S. The molecule has 2 heterocycles. The Labute approximate surface area is 160 Å². The molecule has 144 valence electrons. The first-order valence-corrected chi connectivity index (χ1v) is 10.5. The molecule has 6 nitrogen and oxygen atoms in total. The van der Waals surface area contributed by atoms with Crippen LogP contribution >= 0.6 is 0 Å². The van der Waals surface area contributed by atoms with E-state index in [1.54, 1.807) is 12.3 Å². The van der Waals surface area contributed by atoms with E-state index in [9.17, 15) is 13.2 Å². The second-order valence-corrected chi connectivity index (χ2v) is 9.06. The Morgan fingerprint density at radius 3 is 2.37 bits per heavy atom. The van der Waals surface area contributed by atoms with E-state index in [1.807, 2.05) is 45.0 Å². The van der Waals surface area contributed by atoms with Gasteiger partial charge >= 0.3 is 0 Å². The van der Waals surface area contributed by atoms with E-state index >= 15 is 0 Å². The van der Waals surface area contributed by atoms with Crippen molar-refractivity contribution in [2.24, 2.45) is 5.92 Å². The summed E-state index contributed by atoms with van der Waals surface area (Å²) < 4.78 is 27.4. The first-order chi connectivity index (χ1) is 12.8. The molecule has 2 aromatic rings. The summed E-state index contributed by atoms with van der Waals surface area (Å²) in [6.07, 6.45) is 2.66. The number of nitrogens with zero attached hydrogens (tertiary/aromatic N) is 2. The lowest BCUT2D eigenvalue weighted by Crippen LogP contribution is -2.41. The molecule has 0 atom stereocenters. The molecule has 0 saturated carbocycles. The molecular weight excluding hydrogens is 362 g/mol. The van der Waals surface area contributed by atoms with Gasteiger partial charge in [0.2, 0.25) is 15.9 Å². The smallest absolute Gasteiger partial charge is 0.243 e. The molecule has 0 spiro atoms. The van der Waals surface area contributed by atoms with E-state index in [-0.39, 0.29) is 11.8 Å². The maximum atomic E-state index is 12.9. The summed E-state index contributed by atoms with van der Waals surface area (Å²) in [4.78, 5) is 17.0. The molecule has 1 fully saturated rings. The number of carbonyl (C=O) groups is 1. The van der Waals surface area contributed by atoms with Crippen LogP contribution in [-0.4, -0.2) is 36.7 Å². The molecule has 1 aromatic heterocycles. The first-order valence-electron chi connectivity index (χ1n) is 9.08. The number of hydrogen-bond donors (Lipinski definition) is 1. The van der Waals surface area contributed by atoms with Gasteiger partial charge in [0, 0.05) is 25.2 Å². The van der Waals surface area contributed by atoms with Gasteiger partial charge in [-0.05, 0) is 62.9 Å². The zero-order chi connectivity index (χ0) is 19.6. The van der Waals surface area contributed by atoms with Crippen LogP contribution < -0.4 is 5.32 Å². The van der Waals surface area contributed by atoms with Crippen molar-refractivity contribution in [3.05, 3.63) is 53.2 Å². The fraction of sp³-hybridized carbons (Fsp3) is 0.400. The topological polar surface area (TPSA) is 79.4 Å². The second-order valence-electron chi connectivity index (χ2n) is 7.15. The lowest BCUT2D eigenvalue weighted by Gasteiger charge is -2.31. The average molecular weight is 388 g/mol. The van der Waals surface area contributed by atoms with Gasteiger partial charge in [-0.2, -0.15) is 4.31 Å². The third-order valence-electron chi connectivity index (χ3n) is 4.94. The molecule has 1 aliphatic rings. The number of nitrogens with one attached hydrogen (secondary N) is 1. The lowest BCUT2D eigenvalue weighted by atomic mass is 9.97. The molecule has 0 radical (unpaired) electrons. The van der Waals surface area contributed by atoms with Crippen molar-refractivity contribution < 1.29 is 13.2 Å². The highest BCUT2D eigenvalue weighted by Crippen LogP contribution is 2.26. The van der Waals surface area contributed by atoms with E-state index in [1.165, 1.54) is 4.31 Å². The molecule has 0 bridgehead atoms. The molecule has 0 aliphatic carbocycles. The van der Waals surface area contributed by atoms with Gasteiger partial charge in [-0.15, -0.1) is 0 Å². The Morgan fingerprint density at radius 1 is 1.07 bits per heavy atom. The number of hydrogen-bond acceptors (Lipinski definition) is 4. The average Bonchev–Trinajstić information content (AvgIpc) is 2.61. The summed E-state index contributed by atoms with van der Waals surface area (Å²) in [5.74, 6) is 0.222. The van der Waals surface area contributed by atoms with Gasteiger partial charge in [-0.25, -0.2) is 13.4 Å². The molecule has 27 heavy (non-hydrogen) atoms. The van der Waals surface area contributed by atoms with E-state index in [0.29, 0.717) is 36.6 Å². The SMILES string of the molecule is Cc1ccnc(NC(=O)C2CCN(S(=O)(=O)c3ccc(C)cc3C)CC2)c1. The van der Waals surface area contributed by atoms with Gasteiger partial charge in [0.25, 0.3) is 0 Å². The standard InChI is InChI=1S/C20H25N3O3S/c1-14-4-5-18(16(3)12-14)27(25,26)23-10-7-17(8-11-23)20(24)22-19-13-15(2)6-9-21-19/h4-6,9,12-13,17H,7-8,10-11H2,1-3H3,(H,21,22,24). The fourth-order valence-corrected chi connectivity index (χ4v) is 5.09. The highest BCUT2D eigenvalue weighted by molar-refractivity contribution is 7.89. The van der Waals surface area contributed by atoms with Gasteiger partial charge in [-0.3, -0.25) is 4.79 Å². The molecule has 1 aliphatic heterocycles. The number of aromatic nitrogens is 1. The fourth-order valence-electron chi connectivity index (χ4n) is 3.42. The largest absolute Gasteiger partial charge is 0.310 e. The third-order valence-corrected chi connectivity index (χ3v) is 7.00. The van der Waals surface area contributed by atoms with Crippen LogP contribution in [0.25, 0.3) is 0 Å². The third kappa shape index (κ3) is 4.36. The maximum Gasteiger partial charge on any atom is 0.243 e. The molecule has 0 unspecified atom stereocenters. The second kappa shape index (κ2) is 7.78. The van der Waals surface area contributed by atoms with Crippen molar-refractivity contribution in [1.82, 2.24) is 9.29 Å². The predicted octanol–water partition coefficient (Wildman–Crippen LogP) is 3.05. The Hall–Kier alpha value is -2.25. The number of sulfonamides is 1. The minimum atomic E-state index is -3.53. The quantitative estimate of drug-likeness (QED) is 0.874. The molecule has 1 N–H and O–H groups in total. The monoisotopic (exact) mass is 387 g/mol. The van der Waals surface area contributed by atoms with Crippen LogP contribution in [0, 0.1) is 26.7 Å². The Bertz CT molecular complexity index is 949. The number of pyridine rings is 1. The van der Waals surface area contributed by atoms with Crippen molar-refractivity contribution in [1.29, 1.82) is 0 Å². The number of rotatable bonds is 4. The van der Waals surface area contributed by atoms with Crippen molar-refractivity contribution in [2.75, 3.05) is 18.4 Å². The van der Waals surface area contributed by atoms with Crippen LogP contribution in [0.2, 0.25) is 0 Å². The van der Waals surface area contributed by atoms with E-state index in [0.717, 1.165) is 16.7 Å². The number of amides is 1. The number of benzene rings is 1. The summed E-state index contributed by atoms with van der Waals surface area (Å²) in [5, 5.41) is 2.84. The molecule has 7 heteroatoms. The van der Waals surface area contributed by atoms with Crippen LogP contribution in [0.15, 0.2) is 41.4 Å². The highest BCUT2D eigenvalue weighted by Gasteiger charge is 2.32. The number of anilines is 1. The molecule has 1 amide bonds. The molecule has 1 saturated heterocycles. The zero-order valence-corrected chi connectivity index (χ0v) is 16.7. The zero-order valence-electron chi connectivity index (χ0n) is 15.9. The number of carbonyl (C=O) groups excluding carboxylic acids is 1. The lowest BCUT2D eigenvalue weighted by molar-refractivity contribution is -0.120. The minimum Gasteiger partial charge on any atom is -0.310 e. The van der Waals surface area contributed by atoms with Crippen molar-refractivity contribution in [3.63, 3.8) is 0 Å². The number of piperidine rings is 1. The van der Waals surface area contributed by atoms with Gasteiger partial charge in [0.1, 0.15) is 5.82 Å². The van der Waals surface area contributed by atoms with Gasteiger partial charge in [0.05, 0.1) is 4.90 Å². The van der Waals surface area contributed by atoms with Crippen molar-refractivity contribution in [3.8, 4) is 0 Å². The van der Waals surface area contributed by atoms with Crippen LogP contribution in [-0.2, 0) is 14.8 Å². The van der Waals surface area contributed by atoms with Crippen LogP contribution in [0.3, 0.4) is 0 Å². The minimum absolute atomic E-state index is 0.100. The van der Waals surface area contributed by atoms with Gasteiger partial charge in [0.15, 0.2) is 0 Å². The van der Waals surface area contributed by atoms with Gasteiger partial charge in [-0.1, -0.05) is 17.7 Å². The summed E-state index contributed by atoms with van der Waals surface area (Å²) in [6.45, 7) is 6.38. The normalized spacial score (nSPS) is 16.3.